The van der Waals surface area contributed by atoms with Gasteiger partial charge in [0.05, 0.1) is 11.0 Å². The van der Waals surface area contributed by atoms with Crippen LogP contribution in [0.1, 0.15) is 51.9 Å². The van der Waals surface area contributed by atoms with Crippen molar-refractivity contribution in [1.82, 2.24) is 15.3 Å². The number of aromatic nitrogens is 2. The number of aromatic amines is 1. The molecule has 1 heterocycles. The van der Waals surface area contributed by atoms with Crippen LogP contribution in [-0.2, 0) is 6.42 Å². The van der Waals surface area contributed by atoms with Crippen molar-refractivity contribution in [3.05, 3.63) is 29.6 Å². The standard InChI is InChI=1S/C16H25N3/c1-11(2)15-18-13-7-6-12(10-14(13)19-15)8-9-17-16(3,4)5/h6-7,10-11,17H,8-9H2,1-5H3,(H,18,19). The average molecular weight is 259 g/mol. The third kappa shape index (κ3) is 3.80. The minimum absolute atomic E-state index is 0.183. The quantitative estimate of drug-likeness (QED) is 0.880. The number of H-pyrrole nitrogens is 1. The summed E-state index contributed by atoms with van der Waals surface area (Å²) in [5.74, 6) is 1.51. The van der Waals surface area contributed by atoms with E-state index in [2.05, 4.69) is 68.1 Å². The molecule has 1 aromatic heterocycles. The second-order valence-electron chi connectivity index (χ2n) is 6.56. The van der Waals surface area contributed by atoms with Crippen molar-refractivity contribution < 1.29 is 0 Å². The molecule has 2 aromatic rings. The van der Waals surface area contributed by atoms with Gasteiger partial charge in [0.2, 0.25) is 0 Å². The lowest BCUT2D eigenvalue weighted by atomic mass is 10.1. The van der Waals surface area contributed by atoms with Gasteiger partial charge >= 0.3 is 0 Å². The van der Waals surface area contributed by atoms with Gasteiger partial charge in [-0.2, -0.15) is 0 Å². The van der Waals surface area contributed by atoms with Crippen molar-refractivity contribution in [3.63, 3.8) is 0 Å². The van der Waals surface area contributed by atoms with Crippen LogP contribution in [0.25, 0.3) is 11.0 Å². The van der Waals surface area contributed by atoms with Crippen molar-refractivity contribution in [1.29, 1.82) is 0 Å². The van der Waals surface area contributed by atoms with E-state index in [1.165, 1.54) is 5.56 Å². The Labute approximate surface area is 115 Å². The Morgan fingerprint density at radius 1 is 1.26 bits per heavy atom. The molecule has 0 saturated heterocycles. The van der Waals surface area contributed by atoms with Gasteiger partial charge < -0.3 is 10.3 Å². The molecule has 0 spiro atoms. The molecule has 0 atom stereocenters. The largest absolute Gasteiger partial charge is 0.342 e. The van der Waals surface area contributed by atoms with Crippen LogP contribution < -0.4 is 5.32 Å². The fourth-order valence-electron chi connectivity index (χ4n) is 2.09. The highest BCUT2D eigenvalue weighted by atomic mass is 14.9. The minimum atomic E-state index is 0.183. The van der Waals surface area contributed by atoms with Crippen LogP contribution in [-0.4, -0.2) is 22.1 Å². The molecule has 0 aliphatic rings. The van der Waals surface area contributed by atoms with Crippen LogP contribution in [0.5, 0.6) is 0 Å². The van der Waals surface area contributed by atoms with E-state index in [-0.39, 0.29) is 5.54 Å². The van der Waals surface area contributed by atoms with Crippen LogP contribution in [0, 0.1) is 0 Å². The molecule has 3 heteroatoms. The summed E-state index contributed by atoms with van der Waals surface area (Å²) in [6, 6.07) is 6.51. The van der Waals surface area contributed by atoms with Crippen LogP contribution in [0.3, 0.4) is 0 Å². The lowest BCUT2D eigenvalue weighted by Gasteiger charge is -2.20. The molecule has 2 N–H and O–H groups in total. The van der Waals surface area contributed by atoms with Gasteiger partial charge in [0, 0.05) is 11.5 Å². The number of benzene rings is 1. The number of nitrogens with one attached hydrogen (secondary N) is 2. The molecule has 2 rings (SSSR count). The molecule has 104 valence electrons. The van der Waals surface area contributed by atoms with Gasteiger partial charge in [-0.1, -0.05) is 19.9 Å². The van der Waals surface area contributed by atoms with Gasteiger partial charge in [0.15, 0.2) is 0 Å². The SMILES string of the molecule is CC(C)c1nc2ccc(CCNC(C)(C)C)cc2[nH]1. The highest BCUT2D eigenvalue weighted by Gasteiger charge is 2.09. The first-order valence-electron chi connectivity index (χ1n) is 7.09. The lowest BCUT2D eigenvalue weighted by molar-refractivity contribution is 0.429. The topological polar surface area (TPSA) is 40.7 Å². The van der Waals surface area contributed by atoms with E-state index in [4.69, 9.17) is 0 Å². The molecule has 1 aromatic carbocycles. The Kier molecular flexibility index (Phi) is 3.95. The highest BCUT2D eigenvalue weighted by molar-refractivity contribution is 5.76. The zero-order valence-electron chi connectivity index (χ0n) is 12.7. The Balaban J connectivity index is 2.08. The molecule has 0 aliphatic heterocycles. The predicted molar refractivity (Wildman–Crippen MR) is 81.6 cm³/mol. The molecule has 0 amide bonds. The molecule has 0 radical (unpaired) electrons. The summed E-state index contributed by atoms with van der Waals surface area (Å²) in [4.78, 5) is 8.01. The Morgan fingerprint density at radius 2 is 2.00 bits per heavy atom. The van der Waals surface area contributed by atoms with E-state index in [1.54, 1.807) is 0 Å². The van der Waals surface area contributed by atoms with Crippen LogP contribution >= 0.6 is 0 Å². The van der Waals surface area contributed by atoms with Crippen LogP contribution in [0.15, 0.2) is 18.2 Å². The number of hydrogen-bond acceptors (Lipinski definition) is 2. The lowest BCUT2D eigenvalue weighted by Crippen LogP contribution is -2.37. The van der Waals surface area contributed by atoms with Gasteiger partial charge in [-0.3, -0.25) is 0 Å². The number of nitrogens with zero attached hydrogens (tertiary/aromatic N) is 1. The second kappa shape index (κ2) is 5.33. The fraction of sp³-hybridized carbons (Fsp3) is 0.562. The fourth-order valence-corrected chi connectivity index (χ4v) is 2.09. The Bertz CT molecular complexity index is 547. The van der Waals surface area contributed by atoms with Crippen molar-refractivity contribution in [2.75, 3.05) is 6.54 Å². The molecule has 0 fully saturated rings. The van der Waals surface area contributed by atoms with Crippen LogP contribution in [0.4, 0.5) is 0 Å². The van der Waals surface area contributed by atoms with E-state index in [0.717, 1.165) is 29.8 Å². The van der Waals surface area contributed by atoms with Crippen LogP contribution in [0.2, 0.25) is 0 Å². The van der Waals surface area contributed by atoms with E-state index < -0.39 is 0 Å². The molecule has 0 bridgehead atoms. The Morgan fingerprint density at radius 3 is 2.63 bits per heavy atom. The molecular weight excluding hydrogens is 234 g/mol. The number of rotatable bonds is 4. The summed E-state index contributed by atoms with van der Waals surface area (Å²) in [7, 11) is 0. The number of imidazole rings is 1. The first-order valence-corrected chi connectivity index (χ1v) is 7.09. The second-order valence-corrected chi connectivity index (χ2v) is 6.56. The third-order valence-corrected chi connectivity index (χ3v) is 3.18. The summed E-state index contributed by atoms with van der Waals surface area (Å²) in [5.41, 5.74) is 3.75. The van der Waals surface area contributed by atoms with Crippen molar-refractivity contribution in [2.24, 2.45) is 0 Å². The first kappa shape index (κ1) is 14.1. The summed E-state index contributed by atoms with van der Waals surface area (Å²) in [6.45, 7) is 11.9. The monoisotopic (exact) mass is 259 g/mol. The van der Waals surface area contributed by atoms with Gasteiger partial charge in [-0.05, 0) is 51.4 Å². The first-order chi connectivity index (χ1) is 8.85. The average Bonchev–Trinajstić information content (AvgIpc) is 2.70. The van der Waals surface area contributed by atoms with Gasteiger partial charge in [-0.25, -0.2) is 4.98 Å². The van der Waals surface area contributed by atoms with E-state index >= 15 is 0 Å². The van der Waals surface area contributed by atoms with Crippen molar-refractivity contribution in [3.8, 4) is 0 Å². The zero-order chi connectivity index (χ0) is 14.0. The maximum absolute atomic E-state index is 4.60. The van der Waals surface area contributed by atoms with Gasteiger partial charge in [0.25, 0.3) is 0 Å². The predicted octanol–water partition coefficient (Wildman–Crippen LogP) is 3.62. The summed E-state index contributed by atoms with van der Waals surface area (Å²) >= 11 is 0. The summed E-state index contributed by atoms with van der Waals surface area (Å²) in [5, 5.41) is 3.52. The smallest absolute Gasteiger partial charge is 0.109 e. The third-order valence-electron chi connectivity index (χ3n) is 3.18. The normalized spacial score (nSPS) is 12.5. The summed E-state index contributed by atoms with van der Waals surface area (Å²) < 4.78 is 0. The number of hydrogen-bond donors (Lipinski definition) is 2. The molecule has 0 aliphatic carbocycles. The van der Waals surface area contributed by atoms with Crippen molar-refractivity contribution >= 4 is 11.0 Å². The molecule has 3 nitrogen and oxygen atoms in total. The van der Waals surface area contributed by atoms with Gasteiger partial charge in [0.1, 0.15) is 5.82 Å². The maximum Gasteiger partial charge on any atom is 0.109 e. The highest BCUT2D eigenvalue weighted by Crippen LogP contribution is 2.18. The molecular formula is C16H25N3. The van der Waals surface area contributed by atoms with Crippen molar-refractivity contribution in [2.45, 2.75) is 52.5 Å². The van der Waals surface area contributed by atoms with E-state index in [1.807, 2.05) is 0 Å². The van der Waals surface area contributed by atoms with E-state index in [9.17, 15) is 0 Å². The summed E-state index contributed by atoms with van der Waals surface area (Å²) in [6.07, 6.45) is 1.04. The Hall–Kier alpha value is -1.35. The van der Waals surface area contributed by atoms with E-state index in [0.29, 0.717) is 5.92 Å². The maximum atomic E-state index is 4.60. The molecule has 0 unspecified atom stereocenters. The number of fused-ring (bicyclic) bond motifs is 1. The van der Waals surface area contributed by atoms with Gasteiger partial charge in [-0.15, -0.1) is 0 Å². The molecule has 0 saturated carbocycles. The molecule has 19 heavy (non-hydrogen) atoms. The zero-order valence-corrected chi connectivity index (χ0v) is 12.7. The minimum Gasteiger partial charge on any atom is -0.342 e.